The van der Waals surface area contributed by atoms with Gasteiger partial charge in [-0.05, 0) is 49.1 Å². The third-order valence-electron chi connectivity index (χ3n) is 5.01. The van der Waals surface area contributed by atoms with Crippen molar-refractivity contribution in [2.24, 2.45) is 5.92 Å². The summed E-state index contributed by atoms with van der Waals surface area (Å²) in [5, 5.41) is 3.53. The molecule has 0 aliphatic heterocycles. The zero-order valence-electron chi connectivity index (χ0n) is 17.0. The van der Waals surface area contributed by atoms with E-state index in [1.165, 1.54) is 0 Å². The molecule has 146 valence electrons. The van der Waals surface area contributed by atoms with Gasteiger partial charge in [-0.3, -0.25) is 0 Å². The van der Waals surface area contributed by atoms with Crippen LogP contribution in [0.15, 0.2) is 54.6 Å². The number of benzene rings is 2. The maximum absolute atomic E-state index is 13.2. The topological polar surface area (TPSA) is 47.6 Å². The minimum Gasteiger partial charge on any atom is -0.497 e. The van der Waals surface area contributed by atoms with Gasteiger partial charge >= 0.3 is 5.97 Å². The van der Waals surface area contributed by atoms with Crippen LogP contribution in [-0.2, 0) is 9.53 Å². The van der Waals surface area contributed by atoms with Crippen molar-refractivity contribution < 1.29 is 14.3 Å². The maximum atomic E-state index is 13.2. The highest BCUT2D eigenvalue weighted by Crippen LogP contribution is 2.41. The van der Waals surface area contributed by atoms with E-state index in [9.17, 15) is 4.79 Å². The van der Waals surface area contributed by atoms with E-state index in [0.29, 0.717) is 13.0 Å². The van der Waals surface area contributed by atoms with Gasteiger partial charge in [-0.15, -0.1) is 0 Å². The average Bonchev–Trinajstić information content (AvgIpc) is 2.68. The van der Waals surface area contributed by atoms with Crippen LogP contribution >= 0.6 is 0 Å². The number of rotatable bonds is 9. The van der Waals surface area contributed by atoms with Crippen molar-refractivity contribution in [1.82, 2.24) is 0 Å². The molecule has 0 aliphatic carbocycles. The van der Waals surface area contributed by atoms with E-state index in [-0.39, 0.29) is 17.8 Å². The molecule has 0 saturated carbocycles. The summed E-state index contributed by atoms with van der Waals surface area (Å²) >= 11 is 0. The first-order chi connectivity index (χ1) is 13.0. The van der Waals surface area contributed by atoms with Gasteiger partial charge in [0.25, 0.3) is 0 Å². The molecule has 27 heavy (non-hydrogen) atoms. The minimum atomic E-state index is -0.861. The Morgan fingerprint density at radius 2 is 1.67 bits per heavy atom. The molecule has 0 aromatic heterocycles. The van der Waals surface area contributed by atoms with Crippen LogP contribution in [0.5, 0.6) is 5.75 Å². The fourth-order valence-corrected chi connectivity index (χ4v) is 3.80. The van der Waals surface area contributed by atoms with Gasteiger partial charge in [-0.2, -0.15) is 0 Å². The lowest BCUT2D eigenvalue weighted by molar-refractivity contribution is -0.150. The molecule has 2 aromatic rings. The lowest BCUT2D eigenvalue weighted by atomic mass is 9.71. The molecule has 0 saturated heterocycles. The van der Waals surface area contributed by atoms with E-state index in [1.807, 2.05) is 56.3 Å². The molecule has 0 heterocycles. The van der Waals surface area contributed by atoms with Crippen LogP contribution in [0.25, 0.3) is 0 Å². The second-order valence-electron chi connectivity index (χ2n) is 7.03. The summed E-state index contributed by atoms with van der Waals surface area (Å²) < 4.78 is 10.8. The molecule has 0 aliphatic rings. The van der Waals surface area contributed by atoms with E-state index < -0.39 is 5.54 Å². The highest BCUT2D eigenvalue weighted by molar-refractivity contribution is 5.86. The molecular weight excluding hydrogens is 338 g/mol. The normalized spacial score (nSPS) is 14.3. The van der Waals surface area contributed by atoms with Crippen molar-refractivity contribution in [3.8, 4) is 5.75 Å². The molecule has 4 heteroatoms. The van der Waals surface area contributed by atoms with Crippen LogP contribution in [-0.4, -0.2) is 25.2 Å². The van der Waals surface area contributed by atoms with E-state index in [2.05, 4.69) is 31.3 Å². The number of hydrogen-bond acceptors (Lipinski definition) is 4. The van der Waals surface area contributed by atoms with E-state index >= 15 is 0 Å². The molecule has 0 amide bonds. The number of nitrogens with one attached hydrogen (secondary N) is 1. The molecule has 4 nitrogen and oxygen atoms in total. The summed E-state index contributed by atoms with van der Waals surface area (Å²) in [6, 6.07) is 17.9. The van der Waals surface area contributed by atoms with Crippen LogP contribution in [0.4, 0.5) is 5.69 Å². The molecule has 0 radical (unpaired) electrons. The van der Waals surface area contributed by atoms with Crippen molar-refractivity contribution >= 4 is 11.7 Å². The van der Waals surface area contributed by atoms with Crippen molar-refractivity contribution in [2.75, 3.05) is 19.0 Å². The number of methoxy groups -OCH3 is 1. The summed E-state index contributed by atoms with van der Waals surface area (Å²) in [5.74, 6) is 0.764. The SMILES string of the molecule is CCOC(=O)[C@@](CC)(Nc1ccc(OC)cc1)[C@@H](c1ccccc1)C(C)C. The van der Waals surface area contributed by atoms with Gasteiger partial charge in [0.2, 0.25) is 0 Å². The quantitative estimate of drug-likeness (QED) is 0.613. The summed E-state index contributed by atoms with van der Waals surface area (Å²) in [4.78, 5) is 13.2. The van der Waals surface area contributed by atoms with Crippen molar-refractivity contribution in [1.29, 1.82) is 0 Å². The standard InChI is InChI=1S/C23H31NO3/c1-6-23(22(25)27-7-2,24-19-13-15-20(26-5)16-14-19)21(17(3)4)18-11-9-8-10-12-18/h8-17,21,24H,6-7H2,1-5H3/t21-,23+/m1/s1. The largest absolute Gasteiger partial charge is 0.497 e. The van der Waals surface area contributed by atoms with Gasteiger partial charge in [0.1, 0.15) is 11.3 Å². The lowest BCUT2D eigenvalue weighted by Crippen LogP contribution is -2.53. The Bertz CT molecular complexity index is 712. The van der Waals surface area contributed by atoms with E-state index in [4.69, 9.17) is 9.47 Å². The lowest BCUT2D eigenvalue weighted by Gasteiger charge is -2.42. The Hall–Kier alpha value is -2.49. The number of carbonyl (C=O) groups is 1. The Morgan fingerprint density at radius 3 is 2.15 bits per heavy atom. The molecular formula is C23H31NO3. The van der Waals surface area contributed by atoms with E-state index in [1.54, 1.807) is 7.11 Å². The van der Waals surface area contributed by atoms with Crippen LogP contribution in [0, 0.1) is 5.92 Å². The number of ether oxygens (including phenoxy) is 2. The summed E-state index contributed by atoms with van der Waals surface area (Å²) in [7, 11) is 1.64. The van der Waals surface area contributed by atoms with Crippen LogP contribution < -0.4 is 10.1 Å². The number of anilines is 1. The van der Waals surface area contributed by atoms with Crippen LogP contribution in [0.2, 0.25) is 0 Å². The first kappa shape index (κ1) is 20.8. The number of carbonyl (C=O) groups excluding carboxylic acids is 1. The fourth-order valence-electron chi connectivity index (χ4n) is 3.80. The second kappa shape index (κ2) is 9.45. The predicted molar refractivity (Wildman–Crippen MR) is 110 cm³/mol. The smallest absolute Gasteiger partial charge is 0.332 e. The van der Waals surface area contributed by atoms with Crippen molar-refractivity contribution in [2.45, 2.75) is 45.6 Å². The summed E-state index contributed by atoms with van der Waals surface area (Å²) in [6.45, 7) is 8.53. The Labute approximate surface area is 162 Å². The third-order valence-corrected chi connectivity index (χ3v) is 5.01. The molecule has 2 rings (SSSR count). The molecule has 0 fully saturated rings. The van der Waals surface area contributed by atoms with E-state index in [0.717, 1.165) is 17.0 Å². The molecule has 0 unspecified atom stereocenters. The molecule has 0 bridgehead atoms. The Balaban J connectivity index is 2.54. The Kier molecular flexibility index (Phi) is 7.28. The van der Waals surface area contributed by atoms with Gasteiger partial charge < -0.3 is 14.8 Å². The minimum absolute atomic E-state index is 0.0372. The monoisotopic (exact) mass is 369 g/mol. The average molecular weight is 370 g/mol. The predicted octanol–water partition coefficient (Wildman–Crippen LogP) is 5.26. The van der Waals surface area contributed by atoms with Gasteiger partial charge in [0, 0.05) is 11.6 Å². The zero-order valence-corrected chi connectivity index (χ0v) is 17.0. The van der Waals surface area contributed by atoms with Gasteiger partial charge in [0.15, 0.2) is 0 Å². The number of esters is 1. The van der Waals surface area contributed by atoms with Gasteiger partial charge in [-0.1, -0.05) is 51.1 Å². The molecule has 2 aromatic carbocycles. The zero-order chi connectivity index (χ0) is 19.9. The first-order valence-electron chi connectivity index (χ1n) is 9.62. The van der Waals surface area contributed by atoms with Crippen molar-refractivity contribution in [3.63, 3.8) is 0 Å². The van der Waals surface area contributed by atoms with Crippen molar-refractivity contribution in [3.05, 3.63) is 60.2 Å². The fraction of sp³-hybridized carbons (Fsp3) is 0.435. The maximum Gasteiger partial charge on any atom is 0.332 e. The molecule has 0 spiro atoms. The molecule has 2 atom stereocenters. The molecule has 1 N–H and O–H groups in total. The summed E-state index contributed by atoms with van der Waals surface area (Å²) in [5.41, 5.74) is 1.14. The van der Waals surface area contributed by atoms with Crippen LogP contribution in [0.3, 0.4) is 0 Å². The van der Waals surface area contributed by atoms with Crippen LogP contribution in [0.1, 0.15) is 45.6 Å². The summed E-state index contributed by atoms with van der Waals surface area (Å²) in [6.07, 6.45) is 0.607. The number of hydrogen-bond donors (Lipinski definition) is 1. The highest BCUT2D eigenvalue weighted by atomic mass is 16.5. The van der Waals surface area contributed by atoms with Gasteiger partial charge in [0.05, 0.1) is 13.7 Å². The first-order valence-corrected chi connectivity index (χ1v) is 9.62. The second-order valence-corrected chi connectivity index (χ2v) is 7.03. The highest BCUT2D eigenvalue weighted by Gasteiger charge is 2.47. The Morgan fingerprint density at radius 1 is 1.04 bits per heavy atom. The van der Waals surface area contributed by atoms with Gasteiger partial charge in [-0.25, -0.2) is 4.79 Å². The third kappa shape index (κ3) is 4.62.